The van der Waals surface area contributed by atoms with Crippen molar-refractivity contribution in [1.29, 1.82) is 0 Å². The van der Waals surface area contributed by atoms with Gasteiger partial charge in [0, 0.05) is 17.2 Å². The van der Waals surface area contributed by atoms with E-state index >= 15 is 0 Å². The van der Waals surface area contributed by atoms with Gasteiger partial charge in [-0.3, -0.25) is 4.79 Å². The van der Waals surface area contributed by atoms with Crippen LogP contribution in [0.5, 0.6) is 11.5 Å². The molecule has 0 saturated carbocycles. The first-order chi connectivity index (χ1) is 12.8. The van der Waals surface area contributed by atoms with Gasteiger partial charge < -0.3 is 25.8 Å². The summed E-state index contributed by atoms with van der Waals surface area (Å²) in [7, 11) is 2.96. The third-order valence-corrected chi connectivity index (χ3v) is 4.39. The van der Waals surface area contributed by atoms with Crippen molar-refractivity contribution < 1.29 is 19.1 Å². The van der Waals surface area contributed by atoms with Crippen molar-refractivity contribution in [3.63, 3.8) is 0 Å². The highest BCUT2D eigenvalue weighted by Gasteiger charge is 2.21. The third-order valence-electron chi connectivity index (χ3n) is 3.73. The fraction of sp³-hybridized carbons (Fsp3) is 0.222. The van der Waals surface area contributed by atoms with Crippen LogP contribution in [0.15, 0.2) is 36.4 Å². The molecule has 2 rings (SSSR count). The maximum atomic E-state index is 12.5. The maximum absolute atomic E-state index is 12.5. The highest BCUT2D eigenvalue weighted by molar-refractivity contribution is 6.34. The van der Waals surface area contributed by atoms with Gasteiger partial charge in [-0.25, -0.2) is 4.79 Å². The van der Waals surface area contributed by atoms with Gasteiger partial charge in [0.25, 0.3) is 0 Å². The number of rotatable bonds is 7. The topological polar surface area (TPSA) is 103 Å². The van der Waals surface area contributed by atoms with E-state index in [0.29, 0.717) is 27.8 Å². The first-order valence-electron chi connectivity index (χ1n) is 7.87. The number of methoxy groups -OCH3 is 2. The van der Waals surface area contributed by atoms with Crippen LogP contribution in [0.1, 0.15) is 18.0 Å². The largest absolute Gasteiger partial charge is 0.493 e. The highest BCUT2D eigenvalue weighted by Crippen LogP contribution is 2.36. The SMILES string of the molecule is COc1cc(Cl)c(NC(=O)C[C@H](NC(N)=O)c2ccccc2Cl)cc1OC. The predicted octanol–water partition coefficient (Wildman–Crippen LogP) is 3.75. The number of nitrogens with one attached hydrogen (secondary N) is 2. The minimum atomic E-state index is -0.767. The number of nitrogens with two attached hydrogens (primary N) is 1. The molecule has 9 heteroatoms. The molecule has 0 radical (unpaired) electrons. The molecule has 0 spiro atoms. The van der Waals surface area contributed by atoms with E-state index in [1.54, 1.807) is 30.3 Å². The number of ether oxygens (including phenoxy) is 2. The van der Waals surface area contributed by atoms with Gasteiger partial charge in [0.2, 0.25) is 5.91 Å². The fourth-order valence-electron chi connectivity index (χ4n) is 2.50. The van der Waals surface area contributed by atoms with Crippen LogP contribution in [0.25, 0.3) is 0 Å². The zero-order chi connectivity index (χ0) is 20.0. The fourth-order valence-corrected chi connectivity index (χ4v) is 2.97. The molecular formula is C18H19Cl2N3O4. The maximum Gasteiger partial charge on any atom is 0.312 e. The molecule has 1 atom stereocenters. The minimum absolute atomic E-state index is 0.0999. The molecule has 0 heterocycles. The zero-order valence-corrected chi connectivity index (χ0v) is 16.2. The average molecular weight is 412 g/mol. The number of carbonyl (C=O) groups is 2. The number of amides is 3. The summed E-state index contributed by atoms with van der Waals surface area (Å²) in [5.41, 5.74) is 6.15. The van der Waals surface area contributed by atoms with Crippen molar-refractivity contribution in [2.75, 3.05) is 19.5 Å². The minimum Gasteiger partial charge on any atom is -0.493 e. The van der Waals surface area contributed by atoms with Crippen molar-refractivity contribution in [3.8, 4) is 11.5 Å². The van der Waals surface area contributed by atoms with Crippen molar-refractivity contribution in [3.05, 3.63) is 52.0 Å². The Kier molecular flexibility index (Phi) is 7.15. The van der Waals surface area contributed by atoms with Gasteiger partial charge in [0.15, 0.2) is 11.5 Å². The van der Waals surface area contributed by atoms with E-state index in [2.05, 4.69) is 10.6 Å². The molecule has 2 aromatic rings. The molecule has 0 bridgehead atoms. The van der Waals surface area contributed by atoms with Gasteiger partial charge in [0.05, 0.1) is 37.4 Å². The number of benzene rings is 2. The monoisotopic (exact) mass is 411 g/mol. The summed E-state index contributed by atoms with van der Waals surface area (Å²) in [5.74, 6) is 0.447. The van der Waals surface area contributed by atoms with Gasteiger partial charge in [-0.1, -0.05) is 41.4 Å². The summed E-state index contributed by atoms with van der Waals surface area (Å²) in [5, 5.41) is 5.90. The normalized spacial score (nSPS) is 11.4. The van der Waals surface area contributed by atoms with Crippen LogP contribution in [0.4, 0.5) is 10.5 Å². The van der Waals surface area contributed by atoms with E-state index in [-0.39, 0.29) is 11.4 Å². The second kappa shape index (κ2) is 9.34. The molecule has 0 saturated heterocycles. The van der Waals surface area contributed by atoms with Crippen LogP contribution >= 0.6 is 23.2 Å². The standard InChI is InChI=1S/C18H19Cl2N3O4/c1-26-15-7-12(20)14(8-16(15)27-2)22-17(24)9-13(23-18(21)25)10-5-3-4-6-11(10)19/h3-8,13H,9H2,1-2H3,(H,22,24)(H3,21,23,25)/t13-/m0/s1. The molecule has 7 nitrogen and oxygen atoms in total. The van der Waals surface area contributed by atoms with Crippen LogP contribution < -0.4 is 25.8 Å². The van der Waals surface area contributed by atoms with Crippen molar-refractivity contribution in [2.45, 2.75) is 12.5 Å². The van der Waals surface area contributed by atoms with Crippen molar-refractivity contribution in [1.82, 2.24) is 5.32 Å². The quantitative estimate of drug-likeness (QED) is 0.645. The van der Waals surface area contributed by atoms with Crippen LogP contribution in [0, 0.1) is 0 Å². The van der Waals surface area contributed by atoms with Crippen LogP contribution in [0.2, 0.25) is 10.0 Å². The lowest BCUT2D eigenvalue weighted by atomic mass is 10.0. The molecule has 4 N–H and O–H groups in total. The van der Waals surface area contributed by atoms with E-state index < -0.39 is 18.0 Å². The Morgan fingerprint density at radius 1 is 1.07 bits per heavy atom. The van der Waals surface area contributed by atoms with Crippen molar-refractivity contribution in [2.24, 2.45) is 5.73 Å². The summed E-state index contributed by atoms with van der Waals surface area (Å²) >= 11 is 12.4. The Morgan fingerprint density at radius 2 is 1.70 bits per heavy atom. The van der Waals surface area contributed by atoms with E-state index in [4.69, 9.17) is 38.4 Å². The number of anilines is 1. The number of carbonyl (C=O) groups excluding carboxylic acids is 2. The summed E-state index contributed by atoms with van der Waals surface area (Å²) < 4.78 is 10.4. The van der Waals surface area contributed by atoms with E-state index in [1.165, 1.54) is 20.3 Å². The summed E-state index contributed by atoms with van der Waals surface area (Å²) in [4.78, 5) is 23.8. The van der Waals surface area contributed by atoms with Crippen molar-refractivity contribution >= 4 is 40.8 Å². The second-order valence-corrected chi connectivity index (χ2v) is 6.34. The molecule has 0 aliphatic heterocycles. The summed E-state index contributed by atoms with van der Waals surface area (Å²) in [6.45, 7) is 0. The van der Waals surface area contributed by atoms with Gasteiger partial charge in [-0.2, -0.15) is 0 Å². The molecular weight excluding hydrogens is 393 g/mol. The highest BCUT2D eigenvalue weighted by atomic mass is 35.5. The number of primary amides is 1. The molecule has 0 aliphatic rings. The molecule has 0 unspecified atom stereocenters. The van der Waals surface area contributed by atoms with Gasteiger partial charge in [-0.05, 0) is 11.6 Å². The second-order valence-electron chi connectivity index (χ2n) is 5.52. The first-order valence-corrected chi connectivity index (χ1v) is 8.63. The molecule has 2 aromatic carbocycles. The lowest BCUT2D eigenvalue weighted by Gasteiger charge is -2.19. The number of urea groups is 1. The summed E-state index contributed by atoms with van der Waals surface area (Å²) in [6.07, 6.45) is -0.0999. The van der Waals surface area contributed by atoms with E-state index in [9.17, 15) is 9.59 Å². The molecule has 144 valence electrons. The third kappa shape index (κ3) is 5.42. The Hall–Kier alpha value is -2.64. The lowest BCUT2D eigenvalue weighted by Crippen LogP contribution is -2.35. The van der Waals surface area contributed by atoms with Crippen LogP contribution in [-0.2, 0) is 4.79 Å². The van der Waals surface area contributed by atoms with Gasteiger partial charge in [0.1, 0.15) is 0 Å². The Labute approximate surface area is 166 Å². The van der Waals surface area contributed by atoms with E-state index in [1.807, 2.05) is 0 Å². The molecule has 0 aromatic heterocycles. The number of hydrogen-bond donors (Lipinski definition) is 3. The Balaban J connectivity index is 2.21. The lowest BCUT2D eigenvalue weighted by molar-refractivity contribution is -0.116. The van der Waals surface area contributed by atoms with Gasteiger partial charge in [-0.15, -0.1) is 0 Å². The molecule has 0 fully saturated rings. The zero-order valence-electron chi connectivity index (χ0n) is 14.7. The smallest absolute Gasteiger partial charge is 0.312 e. The van der Waals surface area contributed by atoms with E-state index in [0.717, 1.165) is 0 Å². The van der Waals surface area contributed by atoms with Crippen LogP contribution in [-0.4, -0.2) is 26.2 Å². The predicted molar refractivity (Wildman–Crippen MR) is 105 cm³/mol. The first kappa shape index (κ1) is 20.7. The Morgan fingerprint density at radius 3 is 2.30 bits per heavy atom. The number of hydrogen-bond acceptors (Lipinski definition) is 4. The summed E-state index contributed by atoms with van der Waals surface area (Å²) in [6, 6.07) is 8.48. The average Bonchev–Trinajstić information content (AvgIpc) is 2.62. The Bertz CT molecular complexity index is 845. The molecule has 27 heavy (non-hydrogen) atoms. The van der Waals surface area contributed by atoms with Crippen LogP contribution in [0.3, 0.4) is 0 Å². The van der Waals surface area contributed by atoms with Gasteiger partial charge >= 0.3 is 6.03 Å². The molecule has 3 amide bonds. The number of halogens is 2. The molecule has 0 aliphatic carbocycles.